The van der Waals surface area contributed by atoms with Gasteiger partial charge >= 0.3 is 0 Å². The Kier molecular flexibility index (Phi) is 6.58. The standard InChI is InChI=1S/C25H26N2O3S2/c1-3-27(20-9-5-4-6-10-20)32(29,30)24-17-19(14-13-18(24)2)25(28)26-22-15-16-31-23-12-8-7-11-21(22)23/h4-14,17,22H,3,15-16H2,1-2H3,(H,26,28). The van der Waals surface area contributed by atoms with Gasteiger partial charge in [0.05, 0.1) is 16.6 Å². The van der Waals surface area contributed by atoms with Crippen LogP contribution in [0, 0.1) is 6.92 Å². The van der Waals surface area contributed by atoms with Gasteiger partial charge in [-0.1, -0.05) is 42.5 Å². The summed E-state index contributed by atoms with van der Waals surface area (Å²) < 4.78 is 28.4. The zero-order valence-corrected chi connectivity index (χ0v) is 19.7. The number of hydrogen-bond acceptors (Lipinski definition) is 4. The van der Waals surface area contributed by atoms with E-state index in [0.29, 0.717) is 23.4 Å². The Hall–Kier alpha value is -2.77. The number of amides is 1. The van der Waals surface area contributed by atoms with E-state index in [9.17, 15) is 13.2 Å². The summed E-state index contributed by atoms with van der Waals surface area (Å²) in [7, 11) is -3.82. The van der Waals surface area contributed by atoms with E-state index in [1.807, 2.05) is 36.4 Å². The summed E-state index contributed by atoms with van der Waals surface area (Å²) >= 11 is 1.79. The van der Waals surface area contributed by atoms with Crippen LogP contribution in [0.1, 0.15) is 40.9 Å². The quantitative estimate of drug-likeness (QED) is 0.544. The Morgan fingerprint density at radius 3 is 2.53 bits per heavy atom. The summed E-state index contributed by atoms with van der Waals surface area (Å²) in [6.07, 6.45) is 0.835. The molecule has 4 rings (SSSR count). The predicted octanol–water partition coefficient (Wildman–Crippen LogP) is 5.18. The second-order valence-electron chi connectivity index (χ2n) is 7.69. The van der Waals surface area contributed by atoms with Crippen molar-refractivity contribution in [2.45, 2.75) is 36.1 Å². The molecular weight excluding hydrogens is 440 g/mol. The average molecular weight is 467 g/mol. The van der Waals surface area contributed by atoms with Crippen molar-refractivity contribution < 1.29 is 13.2 Å². The molecule has 0 aromatic heterocycles. The SMILES string of the molecule is CCN(c1ccccc1)S(=O)(=O)c1cc(C(=O)NC2CCSc3ccccc32)ccc1C. The van der Waals surface area contributed by atoms with Crippen molar-refractivity contribution in [3.63, 3.8) is 0 Å². The number of aryl methyl sites for hydroxylation is 1. The summed E-state index contributed by atoms with van der Waals surface area (Å²) in [5, 5.41) is 3.10. The van der Waals surface area contributed by atoms with E-state index in [4.69, 9.17) is 0 Å². The first-order valence-electron chi connectivity index (χ1n) is 10.6. The number of rotatable bonds is 6. The molecule has 0 fully saturated rings. The summed E-state index contributed by atoms with van der Waals surface area (Å²) in [4.78, 5) is 14.4. The number of nitrogens with one attached hydrogen (secondary N) is 1. The largest absolute Gasteiger partial charge is 0.345 e. The maximum absolute atomic E-state index is 13.5. The predicted molar refractivity (Wildman–Crippen MR) is 130 cm³/mol. The van der Waals surface area contributed by atoms with Gasteiger partial charge in [-0.15, -0.1) is 11.8 Å². The maximum Gasteiger partial charge on any atom is 0.264 e. The number of benzene rings is 3. The Labute approximate surface area is 193 Å². The monoisotopic (exact) mass is 466 g/mol. The van der Waals surface area contributed by atoms with Crippen LogP contribution in [0.4, 0.5) is 5.69 Å². The lowest BCUT2D eigenvalue weighted by Gasteiger charge is -2.26. The summed E-state index contributed by atoms with van der Waals surface area (Å²) in [6, 6.07) is 21.9. The lowest BCUT2D eigenvalue weighted by atomic mass is 10.0. The van der Waals surface area contributed by atoms with Crippen LogP contribution in [0.2, 0.25) is 0 Å². The highest BCUT2D eigenvalue weighted by atomic mass is 32.2. The topological polar surface area (TPSA) is 66.5 Å². The van der Waals surface area contributed by atoms with Gasteiger partial charge in [0, 0.05) is 22.8 Å². The molecule has 7 heteroatoms. The fourth-order valence-corrected chi connectivity index (χ4v) is 6.81. The van der Waals surface area contributed by atoms with Gasteiger partial charge < -0.3 is 5.32 Å². The Balaban J connectivity index is 1.64. The van der Waals surface area contributed by atoms with E-state index in [1.54, 1.807) is 49.9 Å². The molecule has 3 aromatic rings. The molecular formula is C25H26N2O3S2. The van der Waals surface area contributed by atoms with Crippen molar-refractivity contribution in [2.75, 3.05) is 16.6 Å². The molecule has 1 heterocycles. The van der Waals surface area contributed by atoms with Crippen LogP contribution >= 0.6 is 11.8 Å². The fourth-order valence-electron chi connectivity index (χ4n) is 3.96. The zero-order valence-electron chi connectivity index (χ0n) is 18.1. The summed E-state index contributed by atoms with van der Waals surface area (Å²) in [5.74, 6) is 0.661. The molecule has 1 atom stereocenters. The lowest BCUT2D eigenvalue weighted by Crippen LogP contribution is -2.32. The number of fused-ring (bicyclic) bond motifs is 1. The highest BCUT2D eigenvalue weighted by Crippen LogP contribution is 2.36. The number of nitrogens with zero attached hydrogens (tertiary/aromatic N) is 1. The number of sulfonamides is 1. The van der Waals surface area contributed by atoms with Crippen LogP contribution < -0.4 is 9.62 Å². The average Bonchev–Trinajstić information content (AvgIpc) is 2.80. The first-order valence-corrected chi connectivity index (χ1v) is 13.1. The molecule has 32 heavy (non-hydrogen) atoms. The zero-order chi connectivity index (χ0) is 22.7. The van der Waals surface area contributed by atoms with Crippen molar-refractivity contribution >= 4 is 33.4 Å². The van der Waals surface area contributed by atoms with Gasteiger partial charge in [0.2, 0.25) is 0 Å². The van der Waals surface area contributed by atoms with Gasteiger partial charge in [-0.05, 0) is 61.7 Å². The summed E-state index contributed by atoms with van der Waals surface area (Å²) in [6.45, 7) is 3.84. The second kappa shape index (κ2) is 9.38. The molecule has 5 nitrogen and oxygen atoms in total. The Morgan fingerprint density at radius 2 is 1.78 bits per heavy atom. The van der Waals surface area contributed by atoms with E-state index in [2.05, 4.69) is 11.4 Å². The van der Waals surface area contributed by atoms with Crippen molar-refractivity contribution in [3.8, 4) is 0 Å². The van der Waals surface area contributed by atoms with Crippen LogP contribution in [0.5, 0.6) is 0 Å². The molecule has 1 aliphatic rings. The Bertz CT molecular complexity index is 1230. The van der Waals surface area contributed by atoms with E-state index in [1.165, 1.54) is 15.3 Å². The van der Waals surface area contributed by atoms with Gasteiger partial charge in [-0.3, -0.25) is 9.10 Å². The fraction of sp³-hybridized carbons (Fsp3) is 0.240. The molecule has 166 valence electrons. The number of carbonyl (C=O) groups excluding carboxylic acids is 1. The van der Waals surface area contributed by atoms with E-state index < -0.39 is 10.0 Å². The second-order valence-corrected chi connectivity index (χ2v) is 10.7. The minimum absolute atomic E-state index is 0.0854. The van der Waals surface area contributed by atoms with Crippen LogP contribution in [0.3, 0.4) is 0 Å². The van der Waals surface area contributed by atoms with Crippen molar-refractivity contribution in [1.82, 2.24) is 5.32 Å². The molecule has 0 spiro atoms. The van der Waals surface area contributed by atoms with Crippen LogP contribution in [0.15, 0.2) is 82.6 Å². The minimum Gasteiger partial charge on any atom is -0.345 e. The van der Waals surface area contributed by atoms with Crippen LogP contribution in [-0.2, 0) is 10.0 Å². The third kappa shape index (κ3) is 4.40. The summed E-state index contributed by atoms with van der Waals surface area (Å²) in [5.41, 5.74) is 2.66. The molecule has 0 saturated heterocycles. The third-order valence-electron chi connectivity index (χ3n) is 5.61. The molecule has 1 aliphatic heterocycles. The number of thioether (sulfide) groups is 1. The highest BCUT2D eigenvalue weighted by Gasteiger charge is 2.27. The lowest BCUT2D eigenvalue weighted by molar-refractivity contribution is 0.0934. The van der Waals surface area contributed by atoms with E-state index in [-0.39, 0.29) is 16.8 Å². The molecule has 0 aliphatic carbocycles. The van der Waals surface area contributed by atoms with Crippen LogP contribution in [0.25, 0.3) is 0 Å². The Morgan fingerprint density at radius 1 is 1.06 bits per heavy atom. The van der Waals surface area contributed by atoms with Crippen molar-refractivity contribution in [1.29, 1.82) is 0 Å². The molecule has 1 N–H and O–H groups in total. The molecule has 1 unspecified atom stereocenters. The maximum atomic E-state index is 13.5. The molecule has 1 amide bonds. The number of para-hydroxylation sites is 1. The van der Waals surface area contributed by atoms with Gasteiger partial charge in [0.1, 0.15) is 0 Å². The number of carbonyl (C=O) groups is 1. The van der Waals surface area contributed by atoms with Gasteiger partial charge in [-0.2, -0.15) is 0 Å². The van der Waals surface area contributed by atoms with Crippen molar-refractivity contribution in [3.05, 3.63) is 89.5 Å². The third-order valence-corrected chi connectivity index (χ3v) is 8.78. The first kappa shape index (κ1) is 22.4. The number of hydrogen-bond donors (Lipinski definition) is 1. The molecule has 0 bridgehead atoms. The molecule has 3 aromatic carbocycles. The molecule has 0 saturated carbocycles. The minimum atomic E-state index is -3.82. The van der Waals surface area contributed by atoms with E-state index >= 15 is 0 Å². The number of anilines is 1. The smallest absolute Gasteiger partial charge is 0.264 e. The molecule has 0 radical (unpaired) electrons. The van der Waals surface area contributed by atoms with Gasteiger partial charge in [-0.25, -0.2) is 8.42 Å². The van der Waals surface area contributed by atoms with Gasteiger partial charge in [0.15, 0.2) is 0 Å². The normalized spacial score (nSPS) is 15.6. The first-order chi connectivity index (χ1) is 15.4. The van der Waals surface area contributed by atoms with Gasteiger partial charge in [0.25, 0.3) is 15.9 Å². The highest BCUT2D eigenvalue weighted by molar-refractivity contribution is 7.99. The van der Waals surface area contributed by atoms with Crippen LogP contribution in [-0.4, -0.2) is 26.6 Å². The van der Waals surface area contributed by atoms with E-state index in [0.717, 1.165) is 17.7 Å². The van der Waals surface area contributed by atoms with Crippen molar-refractivity contribution in [2.24, 2.45) is 0 Å².